The van der Waals surface area contributed by atoms with Crippen molar-refractivity contribution >= 4 is 17.4 Å². The van der Waals surface area contributed by atoms with Gasteiger partial charge in [0.05, 0.1) is 17.4 Å². The summed E-state index contributed by atoms with van der Waals surface area (Å²) in [5, 5.41) is 0. The van der Waals surface area contributed by atoms with Crippen LogP contribution in [0.2, 0.25) is 0 Å². The second kappa shape index (κ2) is 7.86. The van der Waals surface area contributed by atoms with Gasteiger partial charge >= 0.3 is 0 Å². The van der Waals surface area contributed by atoms with Crippen molar-refractivity contribution in [1.82, 2.24) is 4.98 Å². The van der Waals surface area contributed by atoms with Crippen molar-refractivity contribution in [3.05, 3.63) is 17.8 Å². The molecule has 1 heterocycles. The summed E-state index contributed by atoms with van der Waals surface area (Å²) >= 11 is 0. The minimum atomic E-state index is -0.510. The Bertz CT molecular complexity index is 459. The molecule has 4 N–H and O–H groups in total. The molecule has 5 nitrogen and oxygen atoms in total. The van der Waals surface area contributed by atoms with E-state index in [0.717, 1.165) is 31.7 Å². The summed E-state index contributed by atoms with van der Waals surface area (Å²) in [5.41, 5.74) is 11.8. The SMILES string of the molecule is CC(C)CCN(CCC(C)C)c1cc(C(N)=O)c(N)cn1. The summed E-state index contributed by atoms with van der Waals surface area (Å²) in [6.07, 6.45) is 3.68. The van der Waals surface area contributed by atoms with E-state index in [0.29, 0.717) is 23.1 Å². The Morgan fingerprint density at radius 3 is 2.14 bits per heavy atom. The fourth-order valence-corrected chi connectivity index (χ4v) is 2.01. The lowest BCUT2D eigenvalue weighted by Crippen LogP contribution is -2.29. The molecule has 0 fully saturated rings. The van der Waals surface area contributed by atoms with Crippen LogP contribution in [0.5, 0.6) is 0 Å². The first-order chi connectivity index (χ1) is 9.81. The fraction of sp³-hybridized carbons (Fsp3) is 0.625. The van der Waals surface area contributed by atoms with E-state index in [4.69, 9.17) is 11.5 Å². The van der Waals surface area contributed by atoms with Crippen molar-refractivity contribution in [3.8, 4) is 0 Å². The van der Waals surface area contributed by atoms with Gasteiger partial charge in [-0.1, -0.05) is 27.7 Å². The zero-order chi connectivity index (χ0) is 16.0. The van der Waals surface area contributed by atoms with Crippen molar-refractivity contribution in [2.45, 2.75) is 40.5 Å². The molecule has 0 atom stereocenters. The van der Waals surface area contributed by atoms with Gasteiger partial charge in [-0.15, -0.1) is 0 Å². The number of nitrogens with two attached hydrogens (primary N) is 2. The highest BCUT2D eigenvalue weighted by atomic mass is 16.1. The van der Waals surface area contributed by atoms with Crippen LogP contribution in [-0.4, -0.2) is 24.0 Å². The smallest absolute Gasteiger partial charge is 0.250 e. The number of nitrogen functional groups attached to an aromatic ring is 1. The van der Waals surface area contributed by atoms with Crippen molar-refractivity contribution < 1.29 is 4.79 Å². The average molecular weight is 292 g/mol. The van der Waals surface area contributed by atoms with Gasteiger partial charge in [0.15, 0.2) is 0 Å². The van der Waals surface area contributed by atoms with E-state index < -0.39 is 5.91 Å². The number of hydrogen-bond acceptors (Lipinski definition) is 4. The van der Waals surface area contributed by atoms with Crippen LogP contribution in [0.1, 0.15) is 50.9 Å². The third kappa shape index (κ3) is 5.61. The molecule has 0 saturated heterocycles. The molecule has 1 amide bonds. The van der Waals surface area contributed by atoms with Crippen molar-refractivity contribution in [3.63, 3.8) is 0 Å². The first kappa shape index (κ1) is 17.3. The maximum absolute atomic E-state index is 11.4. The highest BCUT2D eigenvalue weighted by Gasteiger charge is 2.14. The molecule has 0 bridgehead atoms. The van der Waals surface area contributed by atoms with Gasteiger partial charge in [-0.3, -0.25) is 4.79 Å². The molecule has 0 aliphatic rings. The van der Waals surface area contributed by atoms with E-state index in [1.165, 1.54) is 6.20 Å². The largest absolute Gasteiger partial charge is 0.397 e. The number of amides is 1. The summed E-state index contributed by atoms with van der Waals surface area (Å²) in [4.78, 5) is 18.0. The van der Waals surface area contributed by atoms with E-state index in [2.05, 4.69) is 37.6 Å². The van der Waals surface area contributed by atoms with Crippen LogP contribution in [0.3, 0.4) is 0 Å². The second-order valence-corrected chi connectivity index (χ2v) is 6.35. The van der Waals surface area contributed by atoms with Crippen LogP contribution < -0.4 is 16.4 Å². The van der Waals surface area contributed by atoms with Gasteiger partial charge in [-0.2, -0.15) is 0 Å². The minimum Gasteiger partial charge on any atom is -0.397 e. The third-order valence-electron chi connectivity index (χ3n) is 3.46. The lowest BCUT2D eigenvalue weighted by Gasteiger charge is -2.26. The molecule has 0 aliphatic carbocycles. The minimum absolute atomic E-state index is 0.332. The first-order valence-corrected chi connectivity index (χ1v) is 7.61. The number of carbonyl (C=O) groups is 1. The number of nitrogens with zero attached hydrogens (tertiary/aromatic N) is 2. The molecule has 0 unspecified atom stereocenters. The molecular formula is C16H28N4O. The Morgan fingerprint density at radius 1 is 1.19 bits per heavy atom. The number of rotatable bonds is 8. The van der Waals surface area contributed by atoms with Crippen LogP contribution in [0.4, 0.5) is 11.5 Å². The van der Waals surface area contributed by atoms with E-state index in [-0.39, 0.29) is 0 Å². The van der Waals surface area contributed by atoms with E-state index in [1.54, 1.807) is 6.07 Å². The Labute approximate surface area is 127 Å². The number of hydrogen-bond donors (Lipinski definition) is 2. The molecule has 1 aromatic rings. The summed E-state index contributed by atoms with van der Waals surface area (Å²) < 4.78 is 0. The number of aromatic nitrogens is 1. The zero-order valence-corrected chi connectivity index (χ0v) is 13.6. The molecule has 21 heavy (non-hydrogen) atoms. The monoisotopic (exact) mass is 292 g/mol. The zero-order valence-electron chi connectivity index (χ0n) is 13.6. The fourth-order valence-electron chi connectivity index (χ4n) is 2.01. The molecular weight excluding hydrogens is 264 g/mol. The molecule has 0 aromatic carbocycles. The van der Waals surface area contributed by atoms with Crippen molar-refractivity contribution in [2.24, 2.45) is 17.6 Å². The summed E-state index contributed by atoms with van der Waals surface area (Å²) in [6, 6.07) is 1.71. The molecule has 1 aromatic heterocycles. The lowest BCUT2D eigenvalue weighted by atomic mass is 10.1. The summed E-state index contributed by atoms with van der Waals surface area (Å²) in [7, 11) is 0. The van der Waals surface area contributed by atoms with Gasteiger partial charge in [0.1, 0.15) is 5.82 Å². The maximum atomic E-state index is 11.4. The number of pyridine rings is 1. The van der Waals surface area contributed by atoms with Crippen LogP contribution in [0.25, 0.3) is 0 Å². The average Bonchev–Trinajstić information content (AvgIpc) is 2.39. The molecule has 0 saturated carbocycles. The quantitative estimate of drug-likeness (QED) is 0.771. The third-order valence-corrected chi connectivity index (χ3v) is 3.46. The van der Waals surface area contributed by atoms with Crippen LogP contribution in [-0.2, 0) is 0 Å². The predicted octanol–water partition coefficient (Wildman–Crippen LogP) is 2.66. The topological polar surface area (TPSA) is 85.2 Å². The standard InChI is InChI=1S/C16H28N4O/c1-11(2)5-7-20(8-6-12(3)4)15-9-13(16(18)21)14(17)10-19-15/h9-12H,5-8,17H2,1-4H3,(H2,18,21). The Hall–Kier alpha value is -1.78. The Morgan fingerprint density at radius 2 is 1.71 bits per heavy atom. The molecule has 5 heteroatoms. The van der Waals surface area contributed by atoms with Gasteiger partial charge in [0.25, 0.3) is 5.91 Å². The maximum Gasteiger partial charge on any atom is 0.250 e. The van der Waals surface area contributed by atoms with Crippen molar-refractivity contribution in [2.75, 3.05) is 23.7 Å². The van der Waals surface area contributed by atoms with Crippen LogP contribution >= 0.6 is 0 Å². The van der Waals surface area contributed by atoms with Gasteiger partial charge in [0, 0.05) is 13.1 Å². The highest BCUT2D eigenvalue weighted by molar-refractivity contribution is 5.98. The Kier molecular flexibility index (Phi) is 6.46. The number of primary amides is 1. The first-order valence-electron chi connectivity index (χ1n) is 7.61. The summed E-state index contributed by atoms with van der Waals surface area (Å²) in [5.74, 6) is 1.51. The predicted molar refractivity (Wildman–Crippen MR) is 88.3 cm³/mol. The highest BCUT2D eigenvalue weighted by Crippen LogP contribution is 2.20. The summed E-state index contributed by atoms with van der Waals surface area (Å²) in [6.45, 7) is 10.6. The molecule has 0 radical (unpaired) electrons. The van der Waals surface area contributed by atoms with E-state index >= 15 is 0 Å². The van der Waals surface area contributed by atoms with Gasteiger partial charge < -0.3 is 16.4 Å². The molecule has 1 rings (SSSR count). The van der Waals surface area contributed by atoms with Crippen LogP contribution in [0.15, 0.2) is 12.3 Å². The molecule has 0 aliphatic heterocycles. The number of anilines is 2. The number of carbonyl (C=O) groups excluding carboxylic acids is 1. The van der Waals surface area contributed by atoms with E-state index in [1.807, 2.05) is 0 Å². The molecule has 0 spiro atoms. The van der Waals surface area contributed by atoms with Gasteiger partial charge in [-0.05, 0) is 30.7 Å². The molecule has 118 valence electrons. The normalized spacial score (nSPS) is 11.1. The van der Waals surface area contributed by atoms with Gasteiger partial charge in [-0.25, -0.2) is 4.98 Å². The van der Waals surface area contributed by atoms with Crippen molar-refractivity contribution in [1.29, 1.82) is 0 Å². The van der Waals surface area contributed by atoms with Crippen LogP contribution in [0, 0.1) is 11.8 Å². The second-order valence-electron chi connectivity index (χ2n) is 6.35. The lowest BCUT2D eigenvalue weighted by molar-refractivity contribution is 0.100. The Balaban J connectivity index is 2.95. The van der Waals surface area contributed by atoms with E-state index in [9.17, 15) is 4.79 Å². The van der Waals surface area contributed by atoms with Gasteiger partial charge in [0.2, 0.25) is 0 Å².